The third-order valence-electron chi connectivity index (χ3n) is 5.47. The Morgan fingerprint density at radius 2 is 1.67 bits per heavy atom. The van der Waals surface area contributed by atoms with Gasteiger partial charge in [-0.25, -0.2) is 8.42 Å². The highest BCUT2D eigenvalue weighted by Crippen LogP contribution is 2.24. The Hall–Kier alpha value is -2.77. The van der Waals surface area contributed by atoms with Crippen molar-refractivity contribution in [1.29, 1.82) is 0 Å². The third kappa shape index (κ3) is 6.62. The first-order valence-corrected chi connectivity index (χ1v) is 13.4. The highest BCUT2D eigenvalue weighted by Gasteiger charge is 2.20. The van der Waals surface area contributed by atoms with Crippen LogP contribution in [0.3, 0.4) is 0 Å². The van der Waals surface area contributed by atoms with Crippen LogP contribution in [-0.2, 0) is 15.8 Å². The molecule has 0 aliphatic rings. The van der Waals surface area contributed by atoms with Crippen molar-refractivity contribution in [2.75, 3.05) is 17.0 Å². The van der Waals surface area contributed by atoms with Gasteiger partial charge in [0.25, 0.3) is 15.9 Å². The molecule has 3 aromatic rings. The number of nitrogens with one attached hydrogen (secondary N) is 2. The molecule has 0 atom stereocenters. The number of rotatable bonds is 9. The molecule has 0 saturated carbocycles. The number of sulfonamides is 1. The van der Waals surface area contributed by atoms with E-state index in [1.807, 2.05) is 32.0 Å². The fourth-order valence-corrected chi connectivity index (χ4v) is 5.62. The summed E-state index contributed by atoms with van der Waals surface area (Å²) < 4.78 is 28.8. The van der Waals surface area contributed by atoms with Crippen molar-refractivity contribution < 1.29 is 13.2 Å². The Labute approximate surface area is 201 Å². The quantitative estimate of drug-likeness (QED) is 0.401. The standard InChI is InChI=1S/C26H30N2O3S2/c1-18-7-5-9-22(15-18)17-32-14-13-27-26(29)23-12-11-20(3)25(16-23)33(30,31)28-24-10-6-8-19(2)21(24)4/h5-12,15-16,28H,13-14,17H2,1-4H3,(H,27,29). The summed E-state index contributed by atoms with van der Waals surface area (Å²) in [6, 6.07) is 18.6. The summed E-state index contributed by atoms with van der Waals surface area (Å²) in [6.07, 6.45) is 0. The summed E-state index contributed by atoms with van der Waals surface area (Å²) in [5, 5.41) is 2.89. The largest absolute Gasteiger partial charge is 0.351 e. The fourth-order valence-electron chi connectivity index (χ4n) is 3.42. The van der Waals surface area contributed by atoms with Crippen LogP contribution in [0.15, 0.2) is 65.6 Å². The molecule has 0 bridgehead atoms. The molecular formula is C26H30N2O3S2. The van der Waals surface area contributed by atoms with Crippen LogP contribution in [0.4, 0.5) is 5.69 Å². The zero-order valence-electron chi connectivity index (χ0n) is 19.4. The molecule has 3 aromatic carbocycles. The molecule has 0 spiro atoms. The number of hydrogen-bond acceptors (Lipinski definition) is 4. The van der Waals surface area contributed by atoms with Crippen molar-refractivity contribution >= 4 is 33.4 Å². The van der Waals surface area contributed by atoms with E-state index >= 15 is 0 Å². The van der Waals surface area contributed by atoms with E-state index in [0.29, 0.717) is 23.4 Å². The average Bonchev–Trinajstić information content (AvgIpc) is 2.76. The minimum Gasteiger partial charge on any atom is -0.351 e. The first kappa shape index (κ1) is 24.9. The molecule has 0 aromatic heterocycles. The number of carbonyl (C=O) groups excluding carboxylic acids is 1. The number of hydrogen-bond donors (Lipinski definition) is 2. The SMILES string of the molecule is Cc1cccc(CSCCNC(=O)c2ccc(C)c(S(=O)(=O)Nc3cccc(C)c3C)c2)c1. The number of amides is 1. The Kier molecular flexibility index (Phi) is 8.21. The summed E-state index contributed by atoms with van der Waals surface area (Å²) in [4.78, 5) is 12.7. The van der Waals surface area contributed by atoms with Crippen LogP contribution in [0.1, 0.15) is 38.2 Å². The highest BCUT2D eigenvalue weighted by molar-refractivity contribution is 7.98. The van der Waals surface area contributed by atoms with E-state index in [9.17, 15) is 13.2 Å². The minimum atomic E-state index is -3.84. The zero-order valence-corrected chi connectivity index (χ0v) is 21.1. The van der Waals surface area contributed by atoms with Gasteiger partial charge in [-0.15, -0.1) is 0 Å². The van der Waals surface area contributed by atoms with Crippen LogP contribution in [0.5, 0.6) is 0 Å². The molecule has 0 saturated heterocycles. The van der Waals surface area contributed by atoms with Crippen molar-refractivity contribution in [3.05, 3.63) is 94.0 Å². The summed E-state index contributed by atoms with van der Waals surface area (Å²) >= 11 is 1.75. The van der Waals surface area contributed by atoms with Gasteiger partial charge in [0.05, 0.1) is 10.6 Å². The summed E-state index contributed by atoms with van der Waals surface area (Å²) in [5.41, 5.74) is 5.81. The number of thioether (sulfide) groups is 1. The Morgan fingerprint density at radius 1 is 0.909 bits per heavy atom. The van der Waals surface area contributed by atoms with Gasteiger partial charge in [0.2, 0.25) is 0 Å². The number of carbonyl (C=O) groups is 1. The van der Waals surface area contributed by atoms with Crippen LogP contribution >= 0.6 is 11.8 Å². The zero-order chi connectivity index (χ0) is 24.0. The van der Waals surface area contributed by atoms with E-state index < -0.39 is 10.0 Å². The van der Waals surface area contributed by atoms with Crippen LogP contribution < -0.4 is 10.0 Å². The van der Waals surface area contributed by atoms with Crippen LogP contribution in [-0.4, -0.2) is 26.6 Å². The fraction of sp³-hybridized carbons (Fsp3) is 0.269. The molecule has 0 radical (unpaired) electrons. The van der Waals surface area contributed by atoms with E-state index in [-0.39, 0.29) is 10.8 Å². The van der Waals surface area contributed by atoms with Crippen molar-refractivity contribution in [2.24, 2.45) is 0 Å². The lowest BCUT2D eigenvalue weighted by atomic mass is 10.1. The van der Waals surface area contributed by atoms with E-state index in [2.05, 4.69) is 35.2 Å². The summed E-state index contributed by atoms with van der Waals surface area (Å²) in [7, 11) is -3.84. The third-order valence-corrected chi connectivity index (χ3v) is 8.01. The van der Waals surface area contributed by atoms with Crippen LogP contribution in [0, 0.1) is 27.7 Å². The molecule has 0 unspecified atom stereocenters. The Bertz CT molecular complexity index is 1250. The van der Waals surface area contributed by atoms with Gasteiger partial charge in [-0.3, -0.25) is 9.52 Å². The first-order chi connectivity index (χ1) is 15.7. The molecule has 3 rings (SSSR count). The first-order valence-electron chi connectivity index (χ1n) is 10.8. The van der Waals surface area contributed by atoms with Gasteiger partial charge < -0.3 is 5.32 Å². The predicted molar refractivity (Wildman–Crippen MR) is 138 cm³/mol. The van der Waals surface area contributed by atoms with Crippen molar-refractivity contribution in [2.45, 2.75) is 38.3 Å². The topological polar surface area (TPSA) is 75.3 Å². The van der Waals surface area contributed by atoms with Gasteiger partial charge in [-0.2, -0.15) is 11.8 Å². The van der Waals surface area contributed by atoms with E-state index in [0.717, 1.165) is 22.6 Å². The molecule has 0 heterocycles. The molecule has 7 heteroatoms. The molecular weight excluding hydrogens is 452 g/mol. The predicted octanol–water partition coefficient (Wildman–Crippen LogP) is 5.38. The van der Waals surface area contributed by atoms with E-state index in [4.69, 9.17) is 0 Å². The summed E-state index contributed by atoms with van der Waals surface area (Å²) in [6.45, 7) is 8.11. The maximum Gasteiger partial charge on any atom is 0.262 e. The Morgan fingerprint density at radius 3 is 2.42 bits per heavy atom. The molecule has 5 nitrogen and oxygen atoms in total. The second kappa shape index (κ2) is 10.9. The van der Waals surface area contributed by atoms with Gasteiger partial charge in [0.1, 0.15) is 0 Å². The van der Waals surface area contributed by atoms with Gasteiger partial charge in [-0.05, 0) is 68.1 Å². The average molecular weight is 483 g/mol. The maximum atomic E-state index is 13.1. The molecule has 0 aliphatic heterocycles. The van der Waals surface area contributed by atoms with E-state index in [1.165, 1.54) is 17.2 Å². The van der Waals surface area contributed by atoms with Crippen LogP contribution in [0.25, 0.3) is 0 Å². The number of benzene rings is 3. The number of aryl methyl sites for hydroxylation is 3. The lowest BCUT2D eigenvalue weighted by molar-refractivity contribution is 0.0956. The molecule has 1 amide bonds. The maximum absolute atomic E-state index is 13.1. The smallest absolute Gasteiger partial charge is 0.262 e. The number of anilines is 1. The molecule has 2 N–H and O–H groups in total. The highest BCUT2D eigenvalue weighted by atomic mass is 32.2. The minimum absolute atomic E-state index is 0.102. The van der Waals surface area contributed by atoms with Gasteiger partial charge >= 0.3 is 0 Å². The van der Waals surface area contributed by atoms with Gasteiger partial charge in [-0.1, -0.05) is 48.0 Å². The molecule has 174 valence electrons. The van der Waals surface area contributed by atoms with Crippen molar-refractivity contribution in [3.63, 3.8) is 0 Å². The normalized spacial score (nSPS) is 11.3. The second-order valence-corrected chi connectivity index (χ2v) is 10.9. The second-order valence-electron chi connectivity index (χ2n) is 8.13. The molecule has 0 fully saturated rings. The summed E-state index contributed by atoms with van der Waals surface area (Å²) in [5.74, 6) is 1.37. The van der Waals surface area contributed by atoms with E-state index in [1.54, 1.807) is 36.9 Å². The molecule has 0 aliphatic carbocycles. The molecule has 33 heavy (non-hydrogen) atoms. The Balaban J connectivity index is 1.62. The van der Waals surface area contributed by atoms with Crippen LogP contribution in [0.2, 0.25) is 0 Å². The monoisotopic (exact) mass is 482 g/mol. The van der Waals surface area contributed by atoms with Gasteiger partial charge in [0, 0.05) is 23.6 Å². The lowest BCUT2D eigenvalue weighted by Crippen LogP contribution is -2.26. The van der Waals surface area contributed by atoms with Gasteiger partial charge in [0.15, 0.2) is 0 Å². The lowest BCUT2D eigenvalue weighted by Gasteiger charge is -2.14. The van der Waals surface area contributed by atoms with Crippen molar-refractivity contribution in [3.8, 4) is 0 Å². The van der Waals surface area contributed by atoms with Crippen molar-refractivity contribution in [1.82, 2.24) is 5.32 Å².